The first-order chi connectivity index (χ1) is 6.15. The molecule has 0 bridgehead atoms. The molecule has 1 rings (SSSR count). The van der Waals surface area contributed by atoms with Crippen LogP contribution in [0.15, 0.2) is 0 Å². The molecule has 0 unspecified atom stereocenters. The van der Waals surface area contributed by atoms with Crippen LogP contribution in [-0.4, -0.2) is 30.1 Å². The number of hydrogen-bond acceptors (Lipinski definition) is 3. The molecule has 1 aliphatic rings. The Kier molecular flexibility index (Phi) is 3.48. The molecule has 0 saturated heterocycles. The van der Waals surface area contributed by atoms with Crippen molar-refractivity contribution in [2.24, 2.45) is 5.73 Å². The lowest BCUT2D eigenvalue weighted by atomic mass is 9.91. The zero-order chi connectivity index (χ0) is 9.84. The highest BCUT2D eigenvalue weighted by Gasteiger charge is 2.26. The van der Waals surface area contributed by atoms with E-state index >= 15 is 0 Å². The third-order valence-corrected chi connectivity index (χ3v) is 2.64. The minimum Gasteiger partial charge on any atom is -0.328 e. The summed E-state index contributed by atoms with van der Waals surface area (Å²) in [4.78, 5) is 15.2. The lowest BCUT2D eigenvalue weighted by molar-refractivity contribution is -0.0822. The van der Waals surface area contributed by atoms with Crippen LogP contribution in [0.3, 0.4) is 0 Å². The van der Waals surface area contributed by atoms with Crippen LogP contribution in [0.25, 0.3) is 0 Å². The first-order valence-electron chi connectivity index (χ1n) is 4.46. The van der Waals surface area contributed by atoms with Crippen LogP contribution in [0.5, 0.6) is 0 Å². The predicted octanol–water partition coefficient (Wildman–Crippen LogP) is 1.21. The fraction of sp³-hybridized carbons (Fsp3) is 0.875. The van der Waals surface area contributed by atoms with E-state index in [0.717, 1.165) is 25.7 Å². The van der Waals surface area contributed by atoms with Gasteiger partial charge in [0.05, 0.1) is 0 Å². The van der Waals surface area contributed by atoms with Gasteiger partial charge in [-0.05, 0) is 25.7 Å². The molecule has 2 N–H and O–H groups in total. The van der Waals surface area contributed by atoms with Crippen molar-refractivity contribution < 1.29 is 14.3 Å². The number of nitrogens with two attached hydrogens (primary N) is 1. The molecule has 1 amide bonds. The van der Waals surface area contributed by atoms with Gasteiger partial charge in [0.2, 0.25) is 0 Å². The summed E-state index contributed by atoms with van der Waals surface area (Å²) in [6.07, 6.45) is 2.50. The molecule has 1 aliphatic carbocycles. The minimum absolute atomic E-state index is 0.0723. The van der Waals surface area contributed by atoms with Gasteiger partial charge in [-0.15, -0.1) is 0 Å². The van der Waals surface area contributed by atoms with Crippen molar-refractivity contribution >= 4 is 6.09 Å². The van der Waals surface area contributed by atoms with Crippen LogP contribution in [-0.2, 0) is 4.94 Å². The molecular formula is C8H15FN2O2. The van der Waals surface area contributed by atoms with E-state index < -0.39 is 6.09 Å². The quantitative estimate of drug-likeness (QED) is 0.676. The average molecular weight is 190 g/mol. The molecule has 0 radical (unpaired) electrons. The van der Waals surface area contributed by atoms with Gasteiger partial charge in [-0.2, -0.15) is 0 Å². The third-order valence-electron chi connectivity index (χ3n) is 2.64. The summed E-state index contributed by atoms with van der Waals surface area (Å²) < 4.78 is 11.6. The van der Waals surface area contributed by atoms with Crippen molar-refractivity contribution in [2.75, 3.05) is 7.05 Å². The lowest BCUT2D eigenvalue weighted by Crippen LogP contribution is -2.41. The maximum atomic E-state index is 11.6. The molecule has 13 heavy (non-hydrogen) atoms. The molecule has 0 spiro atoms. The zero-order valence-electron chi connectivity index (χ0n) is 7.70. The first kappa shape index (κ1) is 10.2. The van der Waals surface area contributed by atoms with Crippen LogP contribution in [0.1, 0.15) is 25.7 Å². The van der Waals surface area contributed by atoms with Crippen LogP contribution in [0, 0.1) is 0 Å². The first-order valence-corrected chi connectivity index (χ1v) is 4.46. The second-order valence-corrected chi connectivity index (χ2v) is 3.52. The van der Waals surface area contributed by atoms with E-state index in [0.29, 0.717) is 0 Å². The van der Waals surface area contributed by atoms with Crippen molar-refractivity contribution in [3.05, 3.63) is 0 Å². The van der Waals surface area contributed by atoms with Crippen LogP contribution in [0.4, 0.5) is 9.32 Å². The molecule has 1 fully saturated rings. The molecule has 5 heteroatoms. The van der Waals surface area contributed by atoms with Gasteiger partial charge in [0.25, 0.3) is 0 Å². The van der Waals surface area contributed by atoms with Crippen LogP contribution >= 0.6 is 0 Å². The Balaban J connectivity index is 2.39. The van der Waals surface area contributed by atoms with Crippen LogP contribution < -0.4 is 5.73 Å². The number of amides is 1. The fourth-order valence-electron chi connectivity index (χ4n) is 1.69. The number of carbonyl (C=O) groups excluding carboxylic acids is 1. The van der Waals surface area contributed by atoms with E-state index in [2.05, 4.69) is 4.94 Å². The molecule has 0 aromatic rings. The monoisotopic (exact) mass is 190 g/mol. The maximum Gasteiger partial charge on any atom is 0.447 e. The number of halogens is 1. The Morgan fingerprint density at radius 3 is 2.46 bits per heavy atom. The highest BCUT2D eigenvalue weighted by Crippen LogP contribution is 2.21. The van der Waals surface area contributed by atoms with E-state index in [1.165, 1.54) is 4.90 Å². The molecule has 0 aromatic carbocycles. The normalized spacial score (nSPS) is 28.2. The zero-order valence-corrected chi connectivity index (χ0v) is 7.70. The molecule has 0 heterocycles. The Labute approximate surface area is 76.7 Å². The number of carbonyl (C=O) groups is 1. The van der Waals surface area contributed by atoms with Gasteiger partial charge in [-0.1, -0.05) is 0 Å². The fourth-order valence-corrected chi connectivity index (χ4v) is 1.69. The Morgan fingerprint density at radius 2 is 2.00 bits per heavy atom. The van der Waals surface area contributed by atoms with Gasteiger partial charge in [0.15, 0.2) is 0 Å². The number of rotatable bonds is 1. The summed E-state index contributed by atoms with van der Waals surface area (Å²) in [5.74, 6) is 0. The van der Waals surface area contributed by atoms with Crippen molar-refractivity contribution in [2.45, 2.75) is 37.8 Å². The standard InChI is InChI=1S/C8H15FN2O2/c1-11(8(12)13-9)7-4-2-6(10)3-5-7/h6-7H,2-5,10H2,1H3. The summed E-state index contributed by atoms with van der Waals surface area (Å²) in [6, 6.07) is 0.300. The smallest absolute Gasteiger partial charge is 0.328 e. The van der Waals surface area contributed by atoms with Crippen molar-refractivity contribution in [1.29, 1.82) is 0 Å². The predicted molar refractivity (Wildman–Crippen MR) is 45.6 cm³/mol. The van der Waals surface area contributed by atoms with Crippen LogP contribution in [0.2, 0.25) is 0 Å². The van der Waals surface area contributed by atoms with Gasteiger partial charge >= 0.3 is 6.09 Å². The number of hydrogen-bond donors (Lipinski definition) is 1. The third kappa shape index (κ3) is 2.55. The summed E-state index contributed by atoms with van der Waals surface area (Å²) in [7, 11) is 1.55. The topological polar surface area (TPSA) is 55.6 Å². The van der Waals surface area contributed by atoms with Crippen molar-refractivity contribution in [3.8, 4) is 0 Å². The molecular weight excluding hydrogens is 175 g/mol. The summed E-state index contributed by atoms with van der Waals surface area (Å²) >= 11 is 0. The van der Waals surface area contributed by atoms with Crippen molar-refractivity contribution in [1.82, 2.24) is 4.90 Å². The second kappa shape index (κ2) is 4.41. The molecule has 0 atom stereocenters. The van der Waals surface area contributed by atoms with Gasteiger partial charge in [-0.3, -0.25) is 0 Å². The Bertz CT molecular complexity index is 181. The molecule has 4 nitrogen and oxygen atoms in total. The molecule has 1 saturated carbocycles. The van der Waals surface area contributed by atoms with Gasteiger partial charge in [-0.25, -0.2) is 9.74 Å². The summed E-state index contributed by atoms with van der Waals surface area (Å²) in [6.45, 7) is 0. The maximum absolute atomic E-state index is 11.6. The molecule has 0 aliphatic heterocycles. The molecule has 0 aromatic heterocycles. The summed E-state index contributed by atoms with van der Waals surface area (Å²) in [5.41, 5.74) is 5.70. The van der Waals surface area contributed by atoms with Gasteiger partial charge < -0.3 is 10.6 Å². The van der Waals surface area contributed by atoms with Gasteiger partial charge in [0, 0.05) is 23.7 Å². The number of nitrogens with zero attached hydrogens (tertiary/aromatic N) is 1. The highest BCUT2D eigenvalue weighted by atomic mass is 19.3. The average Bonchev–Trinajstić information content (AvgIpc) is 2.17. The highest BCUT2D eigenvalue weighted by molar-refractivity contribution is 5.66. The Hall–Kier alpha value is -0.840. The largest absolute Gasteiger partial charge is 0.447 e. The van der Waals surface area contributed by atoms with E-state index in [1.54, 1.807) is 7.05 Å². The Morgan fingerprint density at radius 1 is 1.46 bits per heavy atom. The van der Waals surface area contributed by atoms with E-state index in [-0.39, 0.29) is 12.1 Å². The minimum atomic E-state index is -0.916. The van der Waals surface area contributed by atoms with Crippen molar-refractivity contribution in [3.63, 3.8) is 0 Å². The lowest BCUT2D eigenvalue weighted by Gasteiger charge is -2.31. The second-order valence-electron chi connectivity index (χ2n) is 3.52. The van der Waals surface area contributed by atoms with E-state index in [9.17, 15) is 9.32 Å². The van der Waals surface area contributed by atoms with E-state index in [1.807, 2.05) is 0 Å². The summed E-state index contributed by atoms with van der Waals surface area (Å²) in [5, 5.41) is 0. The molecule has 76 valence electrons. The SMILES string of the molecule is CN(C(=O)OF)C1CCC(N)CC1. The van der Waals surface area contributed by atoms with Gasteiger partial charge in [0.1, 0.15) is 0 Å². The van der Waals surface area contributed by atoms with E-state index in [4.69, 9.17) is 5.73 Å².